The number of hydrogen-bond acceptors (Lipinski definition) is 4. The molecule has 6 nitrogen and oxygen atoms in total. The SMILES string of the molecule is COCC(C)NC(=O)CNC(C(N)=O)C(C)C. The maximum Gasteiger partial charge on any atom is 0.234 e. The fourth-order valence-electron chi connectivity index (χ4n) is 1.49. The summed E-state index contributed by atoms with van der Waals surface area (Å²) in [6, 6.07) is -0.543. The van der Waals surface area contributed by atoms with Crippen LogP contribution >= 0.6 is 0 Å². The largest absolute Gasteiger partial charge is 0.383 e. The monoisotopic (exact) mass is 245 g/mol. The van der Waals surface area contributed by atoms with Crippen LogP contribution in [0.4, 0.5) is 0 Å². The molecule has 0 fully saturated rings. The molecule has 0 bridgehead atoms. The van der Waals surface area contributed by atoms with Crippen LogP contribution in [0.15, 0.2) is 0 Å². The first-order valence-corrected chi connectivity index (χ1v) is 5.69. The first kappa shape index (κ1) is 15.9. The zero-order chi connectivity index (χ0) is 13.4. The van der Waals surface area contributed by atoms with Crippen LogP contribution < -0.4 is 16.4 Å². The molecule has 100 valence electrons. The third-order valence-corrected chi connectivity index (χ3v) is 2.28. The lowest BCUT2D eigenvalue weighted by Gasteiger charge is -2.19. The molecule has 0 aliphatic carbocycles. The number of nitrogens with two attached hydrogens (primary N) is 1. The number of rotatable bonds is 8. The Morgan fingerprint density at radius 1 is 1.29 bits per heavy atom. The molecule has 0 aliphatic rings. The van der Waals surface area contributed by atoms with Crippen molar-refractivity contribution in [3.05, 3.63) is 0 Å². The quantitative estimate of drug-likeness (QED) is 0.524. The van der Waals surface area contributed by atoms with E-state index in [0.717, 1.165) is 0 Å². The molecule has 0 heterocycles. The van der Waals surface area contributed by atoms with Gasteiger partial charge in [0.1, 0.15) is 0 Å². The van der Waals surface area contributed by atoms with Gasteiger partial charge in [-0.3, -0.25) is 14.9 Å². The molecule has 17 heavy (non-hydrogen) atoms. The van der Waals surface area contributed by atoms with E-state index in [1.54, 1.807) is 7.11 Å². The van der Waals surface area contributed by atoms with Crippen LogP contribution in [0.25, 0.3) is 0 Å². The summed E-state index contributed by atoms with van der Waals surface area (Å²) in [7, 11) is 1.57. The number of amides is 2. The van der Waals surface area contributed by atoms with Gasteiger partial charge in [-0.15, -0.1) is 0 Å². The van der Waals surface area contributed by atoms with E-state index in [2.05, 4.69) is 10.6 Å². The minimum atomic E-state index is -0.488. The van der Waals surface area contributed by atoms with E-state index in [1.807, 2.05) is 20.8 Å². The summed E-state index contributed by atoms with van der Waals surface area (Å²) in [6.45, 7) is 6.10. The van der Waals surface area contributed by atoms with Crippen molar-refractivity contribution >= 4 is 11.8 Å². The van der Waals surface area contributed by atoms with Crippen LogP contribution in [-0.2, 0) is 14.3 Å². The van der Waals surface area contributed by atoms with Gasteiger partial charge in [-0.05, 0) is 12.8 Å². The van der Waals surface area contributed by atoms with E-state index in [1.165, 1.54) is 0 Å². The molecular formula is C11H23N3O3. The second-order valence-corrected chi connectivity index (χ2v) is 4.43. The number of carbonyl (C=O) groups is 2. The minimum Gasteiger partial charge on any atom is -0.383 e. The molecule has 4 N–H and O–H groups in total. The van der Waals surface area contributed by atoms with Gasteiger partial charge in [0.25, 0.3) is 0 Å². The number of primary amides is 1. The lowest BCUT2D eigenvalue weighted by molar-refractivity contribution is -0.123. The lowest BCUT2D eigenvalue weighted by Crippen LogP contribution is -2.49. The van der Waals surface area contributed by atoms with Crippen LogP contribution in [0.2, 0.25) is 0 Å². The Balaban J connectivity index is 4.01. The van der Waals surface area contributed by atoms with Crippen molar-refractivity contribution in [1.29, 1.82) is 0 Å². The molecule has 0 saturated carbocycles. The predicted octanol–water partition coefficient (Wildman–Crippen LogP) is -0.763. The number of nitrogens with one attached hydrogen (secondary N) is 2. The molecule has 0 radical (unpaired) electrons. The molecule has 6 heteroatoms. The first-order chi connectivity index (χ1) is 7.88. The lowest BCUT2D eigenvalue weighted by atomic mass is 10.0. The van der Waals surface area contributed by atoms with Crippen LogP contribution in [0.5, 0.6) is 0 Å². The summed E-state index contributed by atoms with van der Waals surface area (Å²) in [5.41, 5.74) is 5.22. The average Bonchev–Trinajstić information content (AvgIpc) is 2.16. The summed E-state index contributed by atoms with van der Waals surface area (Å²) in [4.78, 5) is 22.6. The number of hydrogen-bond donors (Lipinski definition) is 3. The highest BCUT2D eigenvalue weighted by Gasteiger charge is 2.19. The Kier molecular flexibility index (Phi) is 7.49. The highest BCUT2D eigenvalue weighted by Crippen LogP contribution is 1.99. The molecule has 0 rings (SSSR count). The molecule has 2 atom stereocenters. The van der Waals surface area contributed by atoms with E-state index in [0.29, 0.717) is 6.61 Å². The van der Waals surface area contributed by atoms with Crippen molar-refractivity contribution in [2.24, 2.45) is 11.7 Å². The van der Waals surface area contributed by atoms with Crippen LogP contribution in [0.1, 0.15) is 20.8 Å². The Morgan fingerprint density at radius 3 is 2.29 bits per heavy atom. The topological polar surface area (TPSA) is 93.4 Å². The summed E-state index contributed by atoms with van der Waals surface area (Å²) >= 11 is 0. The number of carbonyl (C=O) groups excluding carboxylic acids is 2. The molecular weight excluding hydrogens is 222 g/mol. The molecule has 2 amide bonds. The molecule has 0 aromatic carbocycles. The van der Waals surface area contributed by atoms with Crippen molar-refractivity contribution in [3.8, 4) is 0 Å². The van der Waals surface area contributed by atoms with E-state index >= 15 is 0 Å². The highest BCUT2D eigenvalue weighted by atomic mass is 16.5. The van der Waals surface area contributed by atoms with Crippen molar-refractivity contribution in [2.75, 3.05) is 20.3 Å². The standard InChI is InChI=1S/C11H23N3O3/c1-7(2)10(11(12)16)13-5-9(15)14-8(3)6-17-4/h7-8,10,13H,5-6H2,1-4H3,(H2,12,16)(H,14,15). The van der Waals surface area contributed by atoms with Gasteiger partial charge in [-0.2, -0.15) is 0 Å². The molecule has 2 unspecified atom stereocenters. The summed E-state index contributed by atoms with van der Waals surface area (Å²) < 4.78 is 4.90. The van der Waals surface area contributed by atoms with Gasteiger partial charge in [0.2, 0.25) is 11.8 Å². The van der Waals surface area contributed by atoms with E-state index in [4.69, 9.17) is 10.5 Å². The molecule has 0 aliphatic heterocycles. The second-order valence-electron chi connectivity index (χ2n) is 4.43. The fraction of sp³-hybridized carbons (Fsp3) is 0.818. The van der Waals surface area contributed by atoms with Crippen molar-refractivity contribution < 1.29 is 14.3 Å². The summed E-state index contributed by atoms with van der Waals surface area (Å²) in [5.74, 6) is -0.573. The molecule has 0 spiro atoms. The van der Waals surface area contributed by atoms with Crippen molar-refractivity contribution in [2.45, 2.75) is 32.9 Å². The third kappa shape index (κ3) is 6.91. The van der Waals surface area contributed by atoms with Gasteiger partial charge in [0.05, 0.1) is 19.2 Å². The number of methoxy groups -OCH3 is 1. The Bertz CT molecular complexity index is 256. The predicted molar refractivity (Wildman–Crippen MR) is 65.3 cm³/mol. The van der Waals surface area contributed by atoms with Crippen LogP contribution in [0, 0.1) is 5.92 Å². The fourth-order valence-corrected chi connectivity index (χ4v) is 1.49. The normalized spacial score (nSPS) is 14.4. The maximum absolute atomic E-state index is 11.5. The van der Waals surface area contributed by atoms with Crippen LogP contribution in [-0.4, -0.2) is 44.2 Å². The maximum atomic E-state index is 11.5. The smallest absolute Gasteiger partial charge is 0.234 e. The van der Waals surface area contributed by atoms with Crippen LogP contribution in [0.3, 0.4) is 0 Å². The third-order valence-electron chi connectivity index (χ3n) is 2.28. The zero-order valence-electron chi connectivity index (χ0n) is 10.9. The molecule has 0 saturated heterocycles. The van der Waals surface area contributed by atoms with Crippen molar-refractivity contribution in [3.63, 3.8) is 0 Å². The first-order valence-electron chi connectivity index (χ1n) is 5.69. The van der Waals surface area contributed by atoms with E-state index in [-0.39, 0.29) is 24.4 Å². The van der Waals surface area contributed by atoms with Gasteiger partial charge < -0.3 is 15.8 Å². The van der Waals surface area contributed by atoms with E-state index in [9.17, 15) is 9.59 Å². The Labute approximate surface area is 102 Å². The Hall–Kier alpha value is -1.14. The summed E-state index contributed by atoms with van der Waals surface area (Å²) in [6.07, 6.45) is 0. The van der Waals surface area contributed by atoms with Gasteiger partial charge in [-0.1, -0.05) is 13.8 Å². The zero-order valence-corrected chi connectivity index (χ0v) is 10.9. The van der Waals surface area contributed by atoms with Crippen molar-refractivity contribution in [1.82, 2.24) is 10.6 Å². The van der Waals surface area contributed by atoms with Gasteiger partial charge in [0.15, 0.2) is 0 Å². The number of ether oxygens (including phenoxy) is 1. The second kappa shape index (κ2) is 8.03. The highest BCUT2D eigenvalue weighted by molar-refractivity contribution is 5.82. The Morgan fingerprint density at radius 2 is 1.88 bits per heavy atom. The summed E-state index contributed by atoms with van der Waals surface area (Å²) in [5, 5.41) is 5.57. The van der Waals surface area contributed by atoms with E-state index < -0.39 is 11.9 Å². The molecule has 0 aromatic rings. The van der Waals surface area contributed by atoms with Gasteiger partial charge >= 0.3 is 0 Å². The minimum absolute atomic E-state index is 0.0525. The van der Waals surface area contributed by atoms with Gasteiger partial charge in [-0.25, -0.2) is 0 Å². The molecule has 0 aromatic heterocycles. The van der Waals surface area contributed by atoms with Gasteiger partial charge in [0, 0.05) is 13.2 Å². The average molecular weight is 245 g/mol.